The Bertz CT molecular complexity index is 1410. The lowest BCUT2D eigenvalue weighted by atomic mass is 9.95. The van der Waals surface area contributed by atoms with E-state index in [9.17, 15) is 27.8 Å². The lowest BCUT2D eigenvalue weighted by molar-refractivity contribution is -0.161. The predicted octanol–water partition coefficient (Wildman–Crippen LogP) is 3.23. The topological polar surface area (TPSA) is 111 Å². The standard InChI is InChI=1S/C23H20F4N6O3S/c1-37-20-6-12(2-3-13(20)24)32-10-28-30-23(32)18-7-17(22(35)19(9-34)36-18)33-8-16(29-31-33)11-4-14(25)21(27)15(26)5-11/h2-6,8,10,17-19,22,34-35H,7,9H2,1H3. The van der Waals surface area contributed by atoms with E-state index in [0.717, 1.165) is 12.1 Å². The molecule has 1 saturated heterocycles. The summed E-state index contributed by atoms with van der Waals surface area (Å²) in [6.07, 6.45) is 1.63. The SMILES string of the molecule is CSc1cc(-n2cnnc2C2CC(n3cc(-c4cc(F)c(F)c(F)c4)nn3)C(O)C(CO)O2)ccc1F. The van der Waals surface area contributed by atoms with Crippen molar-refractivity contribution in [3.8, 4) is 16.9 Å². The molecule has 2 N–H and O–H groups in total. The van der Waals surface area contributed by atoms with Crippen molar-refractivity contribution in [3.05, 3.63) is 71.9 Å². The van der Waals surface area contributed by atoms with Gasteiger partial charge in [-0.3, -0.25) is 4.57 Å². The fourth-order valence-corrected chi connectivity index (χ4v) is 4.77. The molecule has 1 aliphatic rings. The lowest BCUT2D eigenvalue weighted by Gasteiger charge is -2.38. The molecule has 4 aromatic rings. The van der Waals surface area contributed by atoms with Crippen LogP contribution in [0.4, 0.5) is 17.6 Å². The molecule has 14 heteroatoms. The zero-order valence-electron chi connectivity index (χ0n) is 19.2. The first-order valence-corrected chi connectivity index (χ1v) is 12.3. The van der Waals surface area contributed by atoms with Crippen LogP contribution < -0.4 is 0 Å². The Kier molecular flexibility index (Phi) is 6.98. The van der Waals surface area contributed by atoms with E-state index in [0.29, 0.717) is 16.4 Å². The van der Waals surface area contributed by atoms with E-state index in [1.54, 1.807) is 23.0 Å². The van der Waals surface area contributed by atoms with Crippen molar-refractivity contribution in [2.45, 2.75) is 35.7 Å². The number of ether oxygens (including phenoxy) is 1. The van der Waals surface area contributed by atoms with Gasteiger partial charge in [0.2, 0.25) is 0 Å². The van der Waals surface area contributed by atoms with Crippen molar-refractivity contribution in [2.75, 3.05) is 12.9 Å². The van der Waals surface area contributed by atoms with Gasteiger partial charge in [0, 0.05) is 22.6 Å². The fourth-order valence-electron chi connectivity index (χ4n) is 4.27. The number of rotatable bonds is 6. The zero-order chi connectivity index (χ0) is 26.3. The van der Waals surface area contributed by atoms with E-state index < -0.39 is 48.4 Å². The molecule has 194 valence electrons. The van der Waals surface area contributed by atoms with E-state index in [4.69, 9.17) is 4.74 Å². The van der Waals surface area contributed by atoms with Crippen LogP contribution >= 0.6 is 11.8 Å². The molecule has 0 aliphatic carbocycles. The highest BCUT2D eigenvalue weighted by Crippen LogP contribution is 2.38. The number of aliphatic hydroxyl groups is 2. The van der Waals surface area contributed by atoms with Crippen molar-refractivity contribution >= 4 is 11.8 Å². The van der Waals surface area contributed by atoms with Crippen molar-refractivity contribution < 1.29 is 32.5 Å². The average Bonchev–Trinajstić information content (AvgIpc) is 3.58. The van der Waals surface area contributed by atoms with Gasteiger partial charge in [0.1, 0.15) is 36.2 Å². The van der Waals surface area contributed by atoms with Gasteiger partial charge in [-0.1, -0.05) is 5.21 Å². The first kappa shape index (κ1) is 25.3. The summed E-state index contributed by atoms with van der Waals surface area (Å²) in [5, 5.41) is 36.7. The number of nitrogens with zero attached hydrogens (tertiary/aromatic N) is 6. The van der Waals surface area contributed by atoms with Gasteiger partial charge >= 0.3 is 0 Å². The van der Waals surface area contributed by atoms with Crippen LogP contribution in [0.3, 0.4) is 0 Å². The minimum absolute atomic E-state index is 0.0416. The second-order valence-corrected chi connectivity index (χ2v) is 9.20. The van der Waals surface area contributed by atoms with E-state index in [2.05, 4.69) is 20.5 Å². The molecule has 0 amide bonds. The third-order valence-corrected chi connectivity index (χ3v) is 6.91. The highest BCUT2D eigenvalue weighted by Gasteiger charge is 2.41. The minimum Gasteiger partial charge on any atom is -0.394 e. The van der Waals surface area contributed by atoms with Gasteiger partial charge in [-0.2, -0.15) is 0 Å². The van der Waals surface area contributed by atoms with Gasteiger partial charge in [-0.25, -0.2) is 22.2 Å². The number of thioether (sulfide) groups is 1. The Hall–Kier alpha value is -3.33. The highest BCUT2D eigenvalue weighted by atomic mass is 32.2. The van der Waals surface area contributed by atoms with Crippen LogP contribution in [-0.4, -0.2) is 65.0 Å². The summed E-state index contributed by atoms with van der Waals surface area (Å²) in [6, 6.07) is 5.32. The van der Waals surface area contributed by atoms with Gasteiger partial charge in [-0.05, 0) is 36.6 Å². The molecule has 4 unspecified atom stereocenters. The molecular weight excluding hydrogens is 516 g/mol. The van der Waals surface area contributed by atoms with E-state index >= 15 is 0 Å². The number of hydrogen-bond acceptors (Lipinski definition) is 8. The normalized spacial score (nSPS) is 21.9. The molecule has 5 rings (SSSR count). The van der Waals surface area contributed by atoms with Gasteiger partial charge < -0.3 is 14.9 Å². The van der Waals surface area contributed by atoms with Crippen LogP contribution in [-0.2, 0) is 4.74 Å². The third kappa shape index (κ3) is 4.72. The maximum Gasteiger partial charge on any atom is 0.194 e. The molecule has 0 bridgehead atoms. The van der Waals surface area contributed by atoms with Crippen LogP contribution in [0.1, 0.15) is 24.4 Å². The first-order chi connectivity index (χ1) is 17.8. The summed E-state index contributed by atoms with van der Waals surface area (Å²) < 4.78 is 63.6. The van der Waals surface area contributed by atoms with Gasteiger partial charge in [0.25, 0.3) is 0 Å². The van der Waals surface area contributed by atoms with Crippen molar-refractivity contribution in [2.24, 2.45) is 0 Å². The molecule has 9 nitrogen and oxygen atoms in total. The number of aliphatic hydroxyl groups excluding tert-OH is 2. The lowest BCUT2D eigenvalue weighted by Crippen LogP contribution is -2.45. The summed E-state index contributed by atoms with van der Waals surface area (Å²) in [4.78, 5) is 0.423. The second kappa shape index (κ2) is 10.2. The number of aromatic nitrogens is 6. The molecule has 3 heterocycles. The van der Waals surface area contributed by atoms with Crippen LogP contribution in [0.25, 0.3) is 16.9 Å². The summed E-state index contributed by atoms with van der Waals surface area (Å²) in [6.45, 7) is -0.522. The molecule has 0 saturated carbocycles. The monoisotopic (exact) mass is 536 g/mol. The first-order valence-electron chi connectivity index (χ1n) is 11.1. The smallest absolute Gasteiger partial charge is 0.194 e. The summed E-state index contributed by atoms with van der Waals surface area (Å²) in [5.74, 6) is -4.37. The Labute approximate surface area is 211 Å². The molecule has 4 atom stereocenters. The van der Waals surface area contributed by atoms with Crippen LogP contribution in [0.5, 0.6) is 0 Å². The Morgan fingerprint density at radius 1 is 1.08 bits per heavy atom. The van der Waals surface area contributed by atoms with Crippen LogP contribution in [0.2, 0.25) is 0 Å². The zero-order valence-corrected chi connectivity index (χ0v) is 20.0. The molecule has 2 aromatic heterocycles. The van der Waals surface area contributed by atoms with Crippen LogP contribution in [0, 0.1) is 23.3 Å². The predicted molar refractivity (Wildman–Crippen MR) is 123 cm³/mol. The molecule has 37 heavy (non-hydrogen) atoms. The van der Waals surface area contributed by atoms with Gasteiger partial charge in [0.05, 0.1) is 18.8 Å². The average molecular weight is 537 g/mol. The molecular formula is C23H20F4N6O3S. The van der Waals surface area contributed by atoms with Gasteiger partial charge in [-0.15, -0.1) is 27.1 Å². The summed E-state index contributed by atoms with van der Waals surface area (Å²) in [7, 11) is 0. The largest absolute Gasteiger partial charge is 0.394 e. The van der Waals surface area contributed by atoms with Crippen molar-refractivity contribution in [1.29, 1.82) is 0 Å². The number of hydrogen-bond donors (Lipinski definition) is 2. The van der Waals surface area contributed by atoms with Crippen molar-refractivity contribution in [1.82, 2.24) is 29.8 Å². The number of benzene rings is 2. The van der Waals surface area contributed by atoms with Crippen molar-refractivity contribution in [3.63, 3.8) is 0 Å². The summed E-state index contributed by atoms with van der Waals surface area (Å²) in [5.41, 5.74) is 0.591. The van der Waals surface area contributed by atoms with E-state index in [-0.39, 0.29) is 23.5 Å². The summed E-state index contributed by atoms with van der Waals surface area (Å²) >= 11 is 1.24. The third-order valence-electron chi connectivity index (χ3n) is 6.15. The van der Waals surface area contributed by atoms with Crippen LogP contribution in [0.15, 0.2) is 47.8 Å². The maximum absolute atomic E-state index is 14.0. The molecule has 0 spiro atoms. The van der Waals surface area contributed by atoms with E-state index in [1.165, 1.54) is 35.0 Å². The quantitative estimate of drug-likeness (QED) is 0.220. The Morgan fingerprint density at radius 3 is 2.54 bits per heavy atom. The molecule has 0 radical (unpaired) electrons. The molecule has 2 aromatic carbocycles. The maximum atomic E-state index is 14.0. The van der Waals surface area contributed by atoms with E-state index in [1.807, 2.05) is 0 Å². The number of halogens is 4. The Morgan fingerprint density at radius 2 is 1.84 bits per heavy atom. The highest BCUT2D eigenvalue weighted by molar-refractivity contribution is 7.98. The molecule has 1 fully saturated rings. The Balaban J connectivity index is 1.47. The van der Waals surface area contributed by atoms with Gasteiger partial charge in [0.15, 0.2) is 23.3 Å². The fraction of sp³-hybridized carbons (Fsp3) is 0.304. The minimum atomic E-state index is -1.60. The second-order valence-electron chi connectivity index (χ2n) is 8.36. The molecule has 1 aliphatic heterocycles.